The molecule has 0 aliphatic heterocycles. The first-order valence-electron chi connectivity index (χ1n) is 10.1. The lowest BCUT2D eigenvalue weighted by Gasteiger charge is -2.15. The molecule has 32 heavy (non-hydrogen) atoms. The Kier molecular flexibility index (Phi) is 4.71. The second-order valence-corrected chi connectivity index (χ2v) is 7.55. The molecular formula is C25H19N3O4. The van der Waals surface area contributed by atoms with Gasteiger partial charge in [-0.3, -0.25) is 10.1 Å². The van der Waals surface area contributed by atoms with Gasteiger partial charge in [0.25, 0.3) is 5.91 Å². The Morgan fingerprint density at radius 1 is 1.06 bits per heavy atom. The maximum absolute atomic E-state index is 12.8. The molecule has 1 atom stereocenters. The molecule has 0 radical (unpaired) electrons. The van der Waals surface area contributed by atoms with Crippen molar-refractivity contribution in [3.8, 4) is 5.75 Å². The second-order valence-electron chi connectivity index (χ2n) is 7.55. The Hall–Kier alpha value is -4.39. The third-order valence-electron chi connectivity index (χ3n) is 5.52. The molecule has 3 aromatic carbocycles. The van der Waals surface area contributed by atoms with E-state index in [-0.39, 0.29) is 17.2 Å². The van der Waals surface area contributed by atoms with Gasteiger partial charge in [-0.05, 0) is 42.0 Å². The Labute approximate surface area is 182 Å². The first kappa shape index (κ1) is 19.6. The van der Waals surface area contributed by atoms with Crippen LogP contribution in [0, 0.1) is 0 Å². The number of hydrogen-bond donors (Lipinski definition) is 3. The maximum atomic E-state index is 12.8. The number of benzene rings is 3. The number of nitrogens with zero attached hydrogens (tertiary/aromatic N) is 1. The quantitative estimate of drug-likeness (QED) is 0.359. The van der Waals surface area contributed by atoms with Gasteiger partial charge in [-0.2, -0.15) is 0 Å². The van der Waals surface area contributed by atoms with Crippen LogP contribution < -0.4 is 10.9 Å². The number of amides is 1. The number of imidazole rings is 1. The fourth-order valence-electron chi connectivity index (χ4n) is 3.84. The van der Waals surface area contributed by atoms with E-state index in [1.54, 1.807) is 55.5 Å². The van der Waals surface area contributed by atoms with Gasteiger partial charge in [0, 0.05) is 11.5 Å². The van der Waals surface area contributed by atoms with Crippen LogP contribution in [0.15, 0.2) is 82.0 Å². The van der Waals surface area contributed by atoms with Gasteiger partial charge in [-0.1, -0.05) is 43.3 Å². The maximum Gasteiger partial charge on any atom is 0.343 e. The molecule has 3 N–H and O–H groups in total. The summed E-state index contributed by atoms with van der Waals surface area (Å²) in [6, 6.07) is 21.2. The molecule has 0 saturated carbocycles. The number of hydrogen-bond acceptors (Lipinski definition) is 5. The SMILES string of the molecule is CC(c1cccc(C(=O)Nc2nc3ccccc3[nH]2)c1)c1c(O)c2ccccc2oc1=O. The molecule has 2 aromatic heterocycles. The van der Waals surface area contributed by atoms with Crippen LogP contribution in [0.5, 0.6) is 5.75 Å². The minimum atomic E-state index is -0.606. The zero-order chi connectivity index (χ0) is 22.2. The average molecular weight is 425 g/mol. The predicted octanol–water partition coefficient (Wildman–Crippen LogP) is 4.78. The summed E-state index contributed by atoms with van der Waals surface area (Å²) >= 11 is 0. The number of aromatic hydroxyl groups is 1. The molecule has 7 heteroatoms. The van der Waals surface area contributed by atoms with Gasteiger partial charge in [0.2, 0.25) is 5.95 Å². The Bertz CT molecular complexity index is 1500. The smallest absolute Gasteiger partial charge is 0.343 e. The fourth-order valence-corrected chi connectivity index (χ4v) is 3.84. The highest BCUT2D eigenvalue weighted by Crippen LogP contribution is 2.34. The van der Waals surface area contributed by atoms with E-state index in [1.807, 2.05) is 24.3 Å². The largest absolute Gasteiger partial charge is 0.507 e. The van der Waals surface area contributed by atoms with E-state index in [9.17, 15) is 14.7 Å². The molecule has 1 amide bonds. The summed E-state index contributed by atoms with van der Waals surface area (Å²) in [7, 11) is 0. The summed E-state index contributed by atoms with van der Waals surface area (Å²) in [6.45, 7) is 1.79. The summed E-state index contributed by atoms with van der Waals surface area (Å²) in [6.07, 6.45) is 0. The standard InChI is InChI=1S/C25H19N3O4/c1-14(21-22(29)17-9-2-5-12-20(17)32-24(21)31)15-7-6-8-16(13-15)23(30)28-25-26-18-10-3-4-11-19(18)27-25/h2-14,29H,1H3,(H2,26,27,28,30). The van der Waals surface area contributed by atoms with Crippen molar-refractivity contribution in [2.75, 3.05) is 5.32 Å². The van der Waals surface area contributed by atoms with Crippen molar-refractivity contribution in [1.29, 1.82) is 0 Å². The number of carbonyl (C=O) groups excluding carboxylic acids is 1. The van der Waals surface area contributed by atoms with Gasteiger partial charge >= 0.3 is 5.63 Å². The van der Waals surface area contributed by atoms with Crippen molar-refractivity contribution in [3.05, 3.63) is 99.9 Å². The van der Waals surface area contributed by atoms with E-state index < -0.39 is 11.5 Å². The number of para-hydroxylation sites is 3. The van der Waals surface area contributed by atoms with Crippen LogP contribution in [-0.2, 0) is 0 Å². The molecule has 0 fully saturated rings. The summed E-state index contributed by atoms with van der Waals surface area (Å²) in [4.78, 5) is 32.8. The van der Waals surface area contributed by atoms with Gasteiger partial charge in [-0.15, -0.1) is 0 Å². The van der Waals surface area contributed by atoms with Gasteiger partial charge in [0.1, 0.15) is 11.3 Å². The molecule has 7 nitrogen and oxygen atoms in total. The molecule has 0 bridgehead atoms. The molecule has 158 valence electrons. The molecule has 0 saturated heterocycles. The molecule has 5 aromatic rings. The van der Waals surface area contributed by atoms with Gasteiger partial charge in [0.05, 0.1) is 22.0 Å². The summed E-state index contributed by atoms with van der Waals surface area (Å²) < 4.78 is 5.39. The Morgan fingerprint density at radius 2 is 1.84 bits per heavy atom. The summed E-state index contributed by atoms with van der Waals surface area (Å²) in [5, 5.41) is 14.0. The highest BCUT2D eigenvalue weighted by atomic mass is 16.4. The number of H-pyrrole nitrogens is 1. The molecule has 0 spiro atoms. The summed E-state index contributed by atoms with van der Waals surface area (Å²) in [5.74, 6) is -0.591. The third kappa shape index (κ3) is 3.39. The van der Waals surface area contributed by atoms with Crippen LogP contribution in [0.25, 0.3) is 22.0 Å². The number of anilines is 1. The summed E-state index contributed by atoms with van der Waals surface area (Å²) in [5.41, 5.74) is 2.54. The van der Waals surface area contributed by atoms with Gasteiger partial charge in [0.15, 0.2) is 0 Å². The molecular weight excluding hydrogens is 406 g/mol. The number of aromatic nitrogens is 2. The van der Waals surface area contributed by atoms with Crippen LogP contribution in [0.4, 0.5) is 5.95 Å². The van der Waals surface area contributed by atoms with Crippen molar-refractivity contribution in [3.63, 3.8) is 0 Å². The number of fused-ring (bicyclic) bond motifs is 2. The van der Waals surface area contributed by atoms with Gasteiger partial charge in [-0.25, -0.2) is 9.78 Å². The first-order valence-corrected chi connectivity index (χ1v) is 10.1. The minimum absolute atomic E-state index is 0.110. The van der Waals surface area contributed by atoms with Crippen LogP contribution >= 0.6 is 0 Å². The molecule has 0 aliphatic carbocycles. The highest BCUT2D eigenvalue weighted by molar-refractivity contribution is 6.04. The lowest BCUT2D eigenvalue weighted by atomic mass is 9.91. The van der Waals surface area contributed by atoms with Gasteiger partial charge < -0.3 is 14.5 Å². The third-order valence-corrected chi connectivity index (χ3v) is 5.52. The second kappa shape index (κ2) is 7.70. The van der Waals surface area contributed by atoms with Crippen LogP contribution in [0.2, 0.25) is 0 Å². The van der Waals surface area contributed by atoms with Crippen LogP contribution in [0.1, 0.15) is 34.3 Å². The van der Waals surface area contributed by atoms with E-state index in [0.717, 1.165) is 11.0 Å². The zero-order valence-corrected chi connectivity index (χ0v) is 17.1. The fraction of sp³-hybridized carbons (Fsp3) is 0.0800. The number of carbonyl (C=O) groups is 1. The number of aromatic amines is 1. The van der Waals surface area contributed by atoms with Crippen molar-refractivity contribution >= 4 is 33.9 Å². The van der Waals surface area contributed by atoms with Crippen molar-refractivity contribution in [1.82, 2.24) is 9.97 Å². The van der Waals surface area contributed by atoms with E-state index >= 15 is 0 Å². The van der Waals surface area contributed by atoms with Crippen molar-refractivity contribution in [2.24, 2.45) is 0 Å². The van der Waals surface area contributed by atoms with Crippen molar-refractivity contribution < 1.29 is 14.3 Å². The lowest BCUT2D eigenvalue weighted by molar-refractivity contribution is 0.102. The number of rotatable bonds is 4. The van der Waals surface area contributed by atoms with E-state index in [2.05, 4.69) is 15.3 Å². The van der Waals surface area contributed by atoms with Crippen LogP contribution in [0.3, 0.4) is 0 Å². The monoisotopic (exact) mass is 425 g/mol. The molecule has 2 heterocycles. The van der Waals surface area contributed by atoms with Crippen LogP contribution in [-0.4, -0.2) is 21.0 Å². The number of nitrogens with one attached hydrogen (secondary N) is 2. The van der Waals surface area contributed by atoms with E-state index in [1.165, 1.54) is 0 Å². The highest BCUT2D eigenvalue weighted by Gasteiger charge is 2.22. The minimum Gasteiger partial charge on any atom is -0.507 e. The molecule has 1 unspecified atom stereocenters. The Morgan fingerprint density at radius 3 is 2.69 bits per heavy atom. The normalized spacial score (nSPS) is 12.2. The van der Waals surface area contributed by atoms with E-state index in [4.69, 9.17) is 4.42 Å². The average Bonchev–Trinajstić information content (AvgIpc) is 3.21. The predicted molar refractivity (Wildman–Crippen MR) is 122 cm³/mol. The zero-order valence-electron chi connectivity index (χ0n) is 17.1. The Balaban J connectivity index is 1.46. The lowest BCUT2D eigenvalue weighted by Crippen LogP contribution is -2.15. The van der Waals surface area contributed by atoms with Crippen molar-refractivity contribution in [2.45, 2.75) is 12.8 Å². The topological polar surface area (TPSA) is 108 Å². The molecule has 0 aliphatic rings. The van der Waals surface area contributed by atoms with E-state index in [0.29, 0.717) is 28.0 Å². The molecule has 5 rings (SSSR count). The first-order chi connectivity index (χ1) is 15.5.